The fraction of sp³-hybridized carbons (Fsp3) is 0.800. The predicted octanol–water partition coefficient (Wildman–Crippen LogP) is 1.56. The molecule has 2 radical (unpaired) electrons. The molecular formula is C5H9NO4PbS2. The van der Waals surface area contributed by atoms with Gasteiger partial charge in [0.2, 0.25) is 0 Å². The Morgan fingerprint density at radius 2 is 2.46 bits per heavy atom. The van der Waals surface area contributed by atoms with Crippen LogP contribution in [0.5, 0.6) is 0 Å². The van der Waals surface area contributed by atoms with E-state index in [9.17, 15) is 10.1 Å². The van der Waals surface area contributed by atoms with Gasteiger partial charge in [-0.25, -0.2) is 0 Å². The van der Waals surface area contributed by atoms with Gasteiger partial charge in [0.1, 0.15) is 0 Å². The summed E-state index contributed by atoms with van der Waals surface area (Å²) >= 11 is 3.08. The van der Waals surface area contributed by atoms with Crippen LogP contribution in [0.1, 0.15) is 19.8 Å². The molecule has 0 rings (SSSR count). The molecule has 0 aromatic carbocycles. The monoisotopic (exact) mass is 419 g/mol. The number of hydrogen-bond acceptors (Lipinski definition) is 6. The minimum atomic E-state index is -1.73. The summed E-state index contributed by atoms with van der Waals surface area (Å²) in [6.45, 7) is 2.64. The molecule has 0 aliphatic heterocycles. The molecule has 0 aromatic rings. The summed E-state index contributed by atoms with van der Waals surface area (Å²) in [6.07, 6.45) is 1.99. The molecule has 13 heavy (non-hydrogen) atoms. The third-order valence-corrected chi connectivity index (χ3v) is 8.07. The number of nitrogens with zero attached hydrogens (tertiary/aromatic N) is 1. The first kappa shape index (κ1) is 13.4. The summed E-state index contributed by atoms with van der Waals surface area (Å²) in [5.74, 6) is 0. The van der Waals surface area contributed by atoms with Gasteiger partial charge in [-0.05, 0) is 0 Å². The Labute approximate surface area is 96.7 Å². The molecule has 74 valence electrons. The third kappa shape index (κ3) is 10.3. The first-order valence-electron chi connectivity index (χ1n) is 3.56. The van der Waals surface area contributed by atoms with Crippen molar-refractivity contribution < 1.29 is 12.6 Å². The number of hydrogen-bond donors (Lipinski definition) is 0. The number of rotatable bonds is 6. The van der Waals surface area contributed by atoms with Gasteiger partial charge in [0.05, 0.1) is 0 Å². The van der Waals surface area contributed by atoms with E-state index in [0.717, 1.165) is 12.8 Å². The standard InChI is InChI=1S/C5H10OS2.NO3.Pb/c1-2-3-4-6-5(7)8;2-1(3)4;/h2-4H2,1H3,(H,7,8);;/q;-1;+2/p-1. The molecule has 8 heteroatoms. The summed E-state index contributed by atoms with van der Waals surface area (Å²) < 4.78 is 9.71. The Bertz CT molecular complexity index is 180. The molecule has 0 spiro atoms. The molecule has 5 nitrogen and oxygen atoms in total. The fourth-order valence-electron chi connectivity index (χ4n) is 0.412. The summed E-state index contributed by atoms with van der Waals surface area (Å²) in [5, 5.41) is 9.00. The topological polar surface area (TPSA) is 61.6 Å². The Balaban J connectivity index is 3.25. The molecule has 0 N–H and O–H groups in total. The Hall–Kier alpha value is 0.362. The van der Waals surface area contributed by atoms with Crippen LogP contribution in [-0.2, 0) is 7.52 Å². The second kappa shape index (κ2) is 8.94. The van der Waals surface area contributed by atoms with E-state index in [1.54, 1.807) is 0 Å². The van der Waals surface area contributed by atoms with E-state index in [2.05, 4.69) is 2.79 Å². The molecule has 0 fully saturated rings. The van der Waals surface area contributed by atoms with Crippen LogP contribution < -0.4 is 0 Å². The van der Waals surface area contributed by atoms with Gasteiger partial charge in [-0.15, -0.1) is 0 Å². The summed E-state index contributed by atoms with van der Waals surface area (Å²) in [6, 6.07) is 0. The molecule has 0 aromatic heterocycles. The van der Waals surface area contributed by atoms with Crippen LogP contribution in [0, 0.1) is 10.1 Å². The van der Waals surface area contributed by atoms with Crippen molar-refractivity contribution in [3.63, 3.8) is 0 Å². The zero-order valence-electron chi connectivity index (χ0n) is 7.02. The van der Waals surface area contributed by atoms with Crippen LogP contribution in [0.4, 0.5) is 0 Å². The van der Waals surface area contributed by atoms with E-state index >= 15 is 0 Å². The normalized spacial score (nSPS) is 9.31. The van der Waals surface area contributed by atoms with Crippen LogP contribution in [0.25, 0.3) is 0 Å². The predicted molar refractivity (Wildman–Crippen MR) is 54.9 cm³/mol. The van der Waals surface area contributed by atoms with E-state index in [-0.39, 0.29) is 0 Å². The van der Waals surface area contributed by atoms with Crippen molar-refractivity contribution in [2.45, 2.75) is 19.8 Å². The van der Waals surface area contributed by atoms with Crippen LogP contribution in [0.2, 0.25) is 0 Å². The molecule has 0 amide bonds. The van der Waals surface area contributed by atoms with Crippen LogP contribution in [0.3, 0.4) is 0 Å². The zero-order valence-corrected chi connectivity index (χ0v) is 12.5. The van der Waals surface area contributed by atoms with Crippen molar-refractivity contribution in [2.24, 2.45) is 0 Å². The minimum absolute atomic E-state index is 0.374. The Morgan fingerprint density at radius 1 is 1.77 bits per heavy atom. The van der Waals surface area contributed by atoms with Crippen molar-refractivity contribution in [3.05, 3.63) is 10.1 Å². The zero-order chi connectivity index (χ0) is 10.1. The SMILES string of the molecule is CCCCOC(=S)[S][Pb][O][N+](=O)[O-]. The van der Waals surface area contributed by atoms with E-state index in [4.69, 9.17) is 17.0 Å². The second-order valence-corrected chi connectivity index (χ2v) is 8.36. The van der Waals surface area contributed by atoms with Gasteiger partial charge in [-0.1, -0.05) is 0 Å². The average molecular weight is 418 g/mol. The maximum atomic E-state index is 9.78. The van der Waals surface area contributed by atoms with Gasteiger partial charge in [-0.2, -0.15) is 0 Å². The van der Waals surface area contributed by atoms with E-state index in [1.165, 1.54) is 8.31 Å². The van der Waals surface area contributed by atoms with Crippen molar-refractivity contribution in [3.8, 4) is 0 Å². The van der Waals surface area contributed by atoms with E-state index in [0.29, 0.717) is 11.0 Å². The molecule has 0 aliphatic rings. The number of ether oxygens (including phenoxy) is 1. The van der Waals surface area contributed by atoms with Crippen LogP contribution >= 0.6 is 20.5 Å². The second-order valence-electron chi connectivity index (χ2n) is 1.95. The van der Waals surface area contributed by atoms with Crippen molar-refractivity contribution >= 4 is 48.1 Å². The number of thiocarbonyl (C=S) groups is 1. The van der Waals surface area contributed by atoms with Gasteiger partial charge in [0, 0.05) is 0 Å². The molecule has 0 saturated heterocycles. The van der Waals surface area contributed by atoms with Gasteiger partial charge in [-0.3, -0.25) is 0 Å². The van der Waals surface area contributed by atoms with Crippen molar-refractivity contribution in [1.29, 1.82) is 0 Å². The molecular weight excluding hydrogens is 409 g/mol. The molecule has 0 heterocycles. The number of unbranched alkanes of at least 4 members (excludes halogenated alkanes) is 1. The van der Waals surface area contributed by atoms with Crippen LogP contribution in [-0.4, -0.2) is 39.3 Å². The van der Waals surface area contributed by atoms with Gasteiger partial charge < -0.3 is 0 Å². The molecule has 0 saturated carbocycles. The third-order valence-electron chi connectivity index (χ3n) is 0.955. The average Bonchev–Trinajstić information content (AvgIpc) is 2.04. The quantitative estimate of drug-likeness (QED) is 0.215. The fourth-order valence-corrected chi connectivity index (χ4v) is 4.32. The Kier molecular flexibility index (Phi) is 9.19. The van der Waals surface area contributed by atoms with E-state index in [1.807, 2.05) is 6.92 Å². The van der Waals surface area contributed by atoms with Gasteiger partial charge in [0.15, 0.2) is 0 Å². The van der Waals surface area contributed by atoms with Crippen molar-refractivity contribution in [2.75, 3.05) is 6.61 Å². The molecule has 0 aliphatic carbocycles. The molecule has 0 unspecified atom stereocenters. The summed E-state index contributed by atoms with van der Waals surface area (Å²) in [7, 11) is 1.19. The Morgan fingerprint density at radius 3 is 3.00 bits per heavy atom. The van der Waals surface area contributed by atoms with E-state index < -0.39 is 28.3 Å². The van der Waals surface area contributed by atoms with Gasteiger partial charge >= 0.3 is 97.2 Å². The molecule has 0 atom stereocenters. The van der Waals surface area contributed by atoms with Crippen molar-refractivity contribution in [1.82, 2.24) is 0 Å². The summed E-state index contributed by atoms with van der Waals surface area (Å²) in [4.78, 5) is 9.78. The first-order valence-corrected chi connectivity index (χ1v) is 11.1. The van der Waals surface area contributed by atoms with Gasteiger partial charge in [0.25, 0.3) is 0 Å². The summed E-state index contributed by atoms with van der Waals surface area (Å²) in [5.41, 5.74) is 0. The molecule has 0 bridgehead atoms. The maximum absolute atomic E-state index is 9.78. The first-order chi connectivity index (χ1) is 6.16. The van der Waals surface area contributed by atoms with Crippen LogP contribution in [0.15, 0.2) is 0 Å².